The Morgan fingerprint density at radius 3 is 2.59 bits per heavy atom. The number of benzene rings is 2. The fraction of sp³-hybridized carbons (Fsp3) is 0.286. The smallest absolute Gasteiger partial charge is 0.247 e. The van der Waals surface area contributed by atoms with E-state index in [9.17, 15) is 14.4 Å². The summed E-state index contributed by atoms with van der Waals surface area (Å²) >= 11 is 1.17. The third-order valence-corrected chi connectivity index (χ3v) is 5.84. The van der Waals surface area contributed by atoms with Gasteiger partial charge in [0.15, 0.2) is 11.5 Å². The molecule has 2 aliphatic heterocycles. The summed E-state index contributed by atoms with van der Waals surface area (Å²) in [7, 11) is 0. The first kappa shape index (κ1) is 19.3. The summed E-state index contributed by atoms with van der Waals surface area (Å²) in [5.74, 6) is 0.382. The fourth-order valence-electron chi connectivity index (χ4n) is 3.19. The maximum atomic E-state index is 12.8. The lowest BCUT2D eigenvalue weighted by Crippen LogP contribution is -2.31. The number of imide groups is 1. The molecular formula is C21H20N2O5S. The van der Waals surface area contributed by atoms with Crippen LogP contribution in [0.25, 0.3) is 0 Å². The molecule has 8 heteroatoms. The van der Waals surface area contributed by atoms with Crippen LogP contribution in [0.1, 0.15) is 12.0 Å². The number of nitrogens with one attached hydrogen (secondary N) is 1. The van der Waals surface area contributed by atoms with Crippen molar-refractivity contribution in [3.63, 3.8) is 0 Å². The molecule has 1 fully saturated rings. The summed E-state index contributed by atoms with van der Waals surface area (Å²) in [5.41, 5.74) is 2.26. The van der Waals surface area contributed by atoms with Crippen LogP contribution in [0.2, 0.25) is 0 Å². The molecule has 0 radical (unpaired) electrons. The predicted molar refractivity (Wildman–Crippen MR) is 111 cm³/mol. The van der Waals surface area contributed by atoms with Crippen molar-refractivity contribution in [1.82, 2.24) is 0 Å². The Bertz CT molecular complexity index is 960. The van der Waals surface area contributed by atoms with E-state index < -0.39 is 5.25 Å². The van der Waals surface area contributed by atoms with E-state index in [2.05, 4.69) is 5.32 Å². The molecule has 2 heterocycles. The van der Waals surface area contributed by atoms with E-state index in [0.29, 0.717) is 36.1 Å². The molecule has 0 spiro atoms. The molecule has 0 aromatic heterocycles. The van der Waals surface area contributed by atoms with Crippen LogP contribution >= 0.6 is 11.8 Å². The zero-order chi connectivity index (χ0) is 20.4. The first-order chi connectivity index (χ1) is 14.0. The molecule has 1 N–H and O–H groups in total. The number of ether oxygens (including phenoxy) is 2. The highest BCUT2D eigenvalue weighted by molar-refractivity contribution is 8.01. The van der Waals surface area contributed by atoms with Crippen molar-refractivity contribution in [2.24, 2.45) is 0 Å². The number of hydrogen-bond donors (Lipinski definition) is 1. The highest BCUT2D eigenvalue weighted by Gasteiger charge is 2.40. The second-order valence-corrected chi connectivity index (χ2v) is 8.00. The Hall–Kier alpha value is -3.00. The van der Waals surface area contributed by atoms with Gasteiger partial charge in [-0.05, 0) is 31.2 Å². The molecule has 2 aromatic rings. The summed E-state index contributed by atoms with van der Waals surface area (Å²) in [6, 6.07) is 12.5. The number of aryl methyl sites for hydroxylation is 1. The lowest BCUT2D eigenvalue weighted by molar-refractivity contribution is -0.121. The Morgan fingerprint density at radius 1 is 1.10 bits per heavy atom. The molecule has 3 amide bonds. The Labute approximate surface area is 172 Å². The van der Waals surface area contributed by atoms with Crippen molar-refractivity contribution in [3.8, 4) is 11.5 Å². The first-order valence-electron chi connectivity index (χ1n) is 9.26. The van der Waals surface area contributed by atoms with Crippen LogP contribution in [0.4, 0.5) is 11.4 Å². The third kappa shape index (κ3) is 4.22. The van der Waals surface area contributed by atoms with Crippen LogP contribution in [-0.2, 0) is 14.4 Å². The molecule has 1 atom stereocenters. The van der Waals surface area contributed by atoms with E-state index in [-0.39, 0.29) is 29.9 Å². The number of anilines is 2. The van der Waals surface area contributed by atoms with Gasteiger partial charge in [-0.15, -0.1) is 11.8 Å². The van der Waals surface area contributed by atoms with Crippen molar-refractivity contribution < 1.29 is 23.9 Å². The van der Waals surface area contributed by atoms with Gasteiger partial charge in [0.1, 0.15) is 13.2 Å². The maximum absolute atomic E-state index is 12.8. The number of rotatable bonds is 5. The van der Waals surface area contributed by atoms with Gasteiger partial charge in [0.25, 0.3) is 0 Å². The van der Waals surface area contributed by atoms with Crippen LogP contribution in [0.5, 0.6) is 11.5 Å². The van der Waals surface area contributed by atoms with Gasteiger partial charge in [-0.25, -0.2) is 4.90 Å². The topological polar surface area (TPSA) is 84.9 Å². The minimum atomic E-state index is -0.584. The molecule has 0 bridgehead atoms. The average Bonchev–Trinajstić information content (AvgIpc) is 3.01. The van der Waals surface area contributed by atoms with Crippen LogP contribution in [-0.4, -0.2) is 41.9 Å². The zero-order valence-electron chi connectivity index (χ0n) is 15.8. The van der Waals surface area contributed by atoms with Gasteiger partial charge in [0, 0.05) is 18.2 Å². The third-order valence-electron chi connectivity index (χ3n) is 4.64. The lowest BCUT2D eigenvalue weighted by Gasteiger charge is -2.21. The van der Waals surface area contributed by atoms with Gasteiger partial charge in [-0.2, -0.15) is 0 Å². The van der Waals surface area contributed by atoms with E-state index in [1.165, 1.54) is 11.8 Å². The molecule has 150 valence electrons. The number of fused-ring (bicyclic) bond motifs is 1. The Morgan fingerprint density at radius 2 is 1.83 bits per heavy atom. The second kappa shape index (κ2) is 8.16. The van der Waals surface area contributed by atoms with Gasteiger partial charge in [0.2, 0.25) is 17.7 Å². The van der Waals surface area contributed by atoms with E-state index in [1.807, 2.05) is 31.2 Å². The van der Waals surface area contributed by atoms with E-state index in [4.69, 9.17) is 9.47 Å². The molecule has 0 unspecified atom stereocenters. The van der Waals surface area contributed by atoms with E-state index >= 15 is 0 Å². The van der Waals surface area contributed by atoms with Gasteiger partial charge in [0.05, 0.1) is 16.7 Å². The molecule has 0 saturated carbocycles. The second-order valence-electron chi connectivity index (χ2n) is 6.81. The quantitative estimate of drug-likeness (QED) is 0.761. The summed E-state index contributed by atoms with van der Waals surface area (Å²) in [4.78, 5) is 38.6. The monoisotopic (exact) mass is 412 g/mol. The summed E-state index contributed by atoms with van der Waals surface area (Å²) < 4.78 is 11.0. The average molecular weight is 412 g/mol. The first-order valence-corrected chi connectivity index (χ1v) is 10.3. The molecule has 4 rings (SSSR count). The van der Waals surface area contributed by atoms with Crippen molar-refractivity contribution in [2.45, 2.75) is 18.6 Å². The van der Waals surface area contributed by atoms with Crippen molar-refractivity contribution in [3.05, 3.63) is 48.0 Å². The summed E-state index contributed by atoms with van der Waals surface area (Å²) in [5, 5.41) is 2.21. The van der Waals surface area contributed by atoms with Crippen LogP contribution in [0, 0.1) is 6.92 Å². The largest absolute Gasteiger partial charge is 0.486 e. The molecule has 1 saturated heterocycles. The number of carbonyl (C=O) groups is 3. The highest BCUT2D eigenvalue weighted by Crippen LogP contribution is 2.37. The van der Waals surface area contributed by atoms with Crippen molar-refractivity contribution in [1.29, 1.82) is 0 Å². The number of carbonyl (C=O) groups excluding carboxylic acids is 3. The normalized spacial score (nSPS) is 18.1. The Balaban J connectivity index is 1.38. The van der Waals surface area contributed by atoms with E-state index in [1.54, 1.807) is 18.2 Å². The molecular weight excluding hydrogens is 392 g/mol. The van der Waals surface area contributed by atoms with Gasteiger partial charge in [-0.3, -0.25) is 14.4 Å². The van der Waals surface area contributed by atoms with Gasteiger partial charge < -0.3 is 14.8 Å². The SMILES string of the molecule is Cc1ccc(NC(=O)CS[C@H]2CC(=O)N(c3ccc4c(c3)OCCO4)C2=O)cc1. The van der Waals surface area contributed by atoms with Gasteiger partial charge >= 0.3 is 0 Å². The van der Waals surface area contributed by atoms with Crippen molar-refractivity contribution >= 4 is 40.9 Å². The predicted octanol–water partition coefficient (Wildman–Crippen LogP) is 2.77. The minimum absolute atomic E-state index is 0.0652. The maximum Gasteiger partial charge on any atom is 0.247 e. The summed E-state index contributed by atoms with van der Waals surface area (Å²) in [6.45, 7) is 2.86. The van der Waals surface area contributed by atoms with Crippen LogP contribution < -0.4 is 19.7 Å². The zero-order valence-corrected chi connectivity index (χ0v) is 16.7. The van der Waals surface area contributed by atoms with Gasteiger partial charge in [-0.1, -0.05) is 17.7 Å². The molecule has 7 nitrogen and oxygen atoms in total. The lowest BCUT2D eigenvalue weighted by atomic mass is 10.2. The van der Waals surface area contributed by atoms with Crippen LogP contribution in [0.15, 0.2) is 42.5 Å². The number of nitrogens with zero attached hydrogens (tertiary/aromatic N) is 1. The van der Waals surface area contributed by atoms with Crippen LogP contribution in [0.3, 0.4) is 0 Å². The molecule has 29 heavy (non-hydrogen) atoms. The minimum Gasteiger partial charge on any atom is -0.486 e. The highest BCUT2D eigenvalue weighted by atomic mass is 32.2. The van der Waals surface area contributed by atoms with Crippen molar-refractivity contribution in [2.75, 3.05) is 29.2 Å². The summed E-state index contributed by atoms with van der Waals surface area (Å²) in [6.07, 6.45) is 0.0652. The molecule has 0 aliphatic carbocycles. The number of hydrogen-bond acceptors (Lipinski definition) is 6. The molecule has 2 aliphatic rings. The fourth-order valence-corrected chi connectivity index (χ4v) is 4.12. The number of amides is 3. The Kier molecular flexibility index (Phi) is 5.44. The standard InChI is InChI=1S/C21H20N2O5S/c1-13-2-4-14(5-3-13)22-19(24)12-29-18-11-20(25)23(21(18)26)15-6-7-16-17(10-15)28-9-8-27-16/h2-7,10,18H,8-9,11-12H2,1H3,(H,22,24)/t18-/m0/s1. The molecule has 2 aromatic carbocycles. The number of thioether (sulfide) groups is 1. The van der Waals surface area contributed by atoms with E-state index in [0.717, 1.165) is 10.5 Å².